The van der Waals surface area contributed by atoms with Gasteiger partial charge in [-0.3, -0.25) is 4.79 Å². The molecule has 0 radical (unpaired) electrons. The predicted molar refractivity (Wildman–Crippen MR) is 117 cm³/mol. The van der Waals surface area contributed by atoms with Crippen molar-refractivity contribution < 1.29 is 19.8 Å². The van der Waals surface area contributed by atoms with E-state index in [0.29, 0.717) is 18.9 Å². The van der Waals surface area contributed by atoms with Gasteiger partial charge in [0.2, 0.25) is 5.91 Å². The maximum Gasteiger partial charge on any atom is 0.225 e. The number of aliphatic carboxylic acids is 1. The van der Waals surface area contributed by atoms with Crippen LogP contribution in [0.4, 0.5) is 0 Å². The van der Waals surface area contributed by atoms with Crippen molar-refractivity contribution in [1.82, 2.24) is 10.2 Å². The van der Waals surface area contributed by atoms with Crippen molar-refractivity contribution >= 4 is 11.9 Å². The minimum absolute atomic E-state index is 0.0542. The van der Waals surface area contributed by atoms with Crippen LogP contribution in [0.1, 0.15) is 31.4 Å². The van der Waals surface area contributed by atoms with Gasteiger partial charge in [-0.2, -0.15) is 0 Å². The minimum atomic E-state index is -1.29. The molecule has 1 aliphatic rings. The summed E-state index contributed by atoms with van der Waals surface area (Å²) in [6.07, 6.45) is 1.46. The molecule has 3 atom stereocenters. The summed E-state index contributed by atoms with van der Waals surface area (Å²) in [4.78, 5) is 25.8. The van der Waals surface area contributed by atoms with E-state index in [9.17, 15) is 19.8 Å². The molecule has 166 valence electrons. The largest absolute Gasteiger partial charge is 0.548 e. The number of nitrogens with zero attached hydrogens (tertiary/aromatic N) is 1. The fraction of sp³-hybridized carbons (Fsp3) is 0.440. The molecule has 3 rings (SSSR count). The van der Waals surface area contributed by atoms with E-state index in [1.165, 1.54) is 0 Å². The molecule has 2 aromatic carbocycles. The number of benzene rings is 2. The van der Waals surface area contributed by atoms with E-state index in [0.717, 1.165) is 30.6 Å². The summed E-state index contributed by atoms with van der Waals surface area (Å²) < 4.78 is 0. The smallest absolute Gasteiger partial charge is 0.225 e. The summed E-state index contributed by atoms with van der Waals surface area (Å²) in [7, 11) is 0. The number of likely N-dealkylation sites (tertiary alicyclic amines) is 1. The van der Waals surface area contributed by atoms with Crippen molar-refractivity contribution in [2.24, 2.45) is 11.8 Å². The molecule has 0 aromatic heterocycles. The number of aromatic hydroxyl groups is 1. The number of phenols is 1. The SMILES string of the molecule is C[C@H]1CN(C[C@H](Cc2ccccc2)C(=O)NCC(=O)[O-])CC[C@@]1(C)c1cccc(O)c1. The third kappa shape index (κ3) is 5.85. The van der Waals surface area contributed by atoms with Gasteiger partial charge < -0.3 is 25.2 Å². The zero-order valence-corrected chi connectivity index (χ0v) is 18.2. The van der Waals surface area contributed by atoms with Crippen LogP contribution in [0.2, 0.25) is 0 Å². The molecule has 1 fully saturated rings. The lowest BCUT2D eigenvalue weighted by atomic mass is 9.68. The first-order valence-electron chi connectivity index (χ1n) is 10.8. The first-order valence-corrected chi connectivity index (χ1v) is 10.8. The summed E-state index contributed by atoms with van der Waals surface area (Å²) in [6, 6.07) is 17.3. The predicted octanol–water partition coefficient (Wildman–Crippen LogP) is 1.72. The van der Waals surface area contributed by atoms with Crippen LogP contribution in [0.3, 0.4) is 0 Å². The van der Waals surface area contributed by atoms with Crippen LogP contribution in [-0.4, -0.2) is 48.1 Å². The Morgan fingerprint density at radius 3 is 2.61 bits per heavy atom. The molecule has 0 spiro atoms. The van der Waals surface area contributed by atoms with Gasteiger partial charge >= 0.3 is 0 Å². The lowest BCUT2D eigenvalue weighted by Crippen LogP contribution is -2.50. The molecule has 1 heterocycles. The Bertz CT molecular complexity index is 901. The molecule has 6 heteroatoms. The highest BCUT2D eigenvalue weighted by Gasteiger charge is 2.39. The van der Waals surface area contributed by atoms with Crippen LogP contribution in [0.25, 0.3) is 0 Å². The van der Waals surface area contributed by atoms with E-state index in [-0.39, 0.29) is 23.0 Å². The molecule has 1 aliphatic heterocycles. The Labute approximate surface area is 183 Å². The zero-order valence-electron chi connectivity index (χ0n) is 18.2. The lowest BCUT2D eigenvalue weighted by molar-refractivity contribution is -0.304. The third-order valence-electron chi connectivity index (χ3n) is 6.65. The second kappa shape index (κ2) is 9.96. The number of phenolic OH excluding ortho intramolecular Hbond substituents is 1. The first kappa shape index (κ1) is 22.8. The van der Waals surface area contributed by atoms with Crippen LogP contribution in [0, 0.1) is 11.8 Å². The Morgan fingerprint density at radius 1 is 1.23 bits per heavy atom. The van der Waals surface area contributed by atoms with Gasteiger partial charge in [-0.15, -0.1) is 0 Å². The van der Waals surface area contributed by atoms with E-state index in [1.54, 1.807) is 6.07 Å². The first-order chi connectivity index (χ1) is 14.8. The fourth-order valence-electron chi connectivity index (χ4n) is 4.53. The number of carboxylic acids is 1. The number of hydrogen-bond acceptors (Lipinski definition) is 5. The molecule has 6 nitrogen and oxygen atoms in total. The van der Waals surface area contributed by atoms with Crippen LogP contribution in [0.5, 0.6) is 5.75 Å². The highest BCUT2D eigenvalue weighted by atomic mass is 16.4. The van der Waals surface area contributed by atoms with Crippen LogP contribution < -0.4 is 10.4 Å². The van der Waals surface area contributed by atoms with Crippen molar-refractivity contribution in [3.8, 4) is 5.75 Å². The molecule has 31 heavy (non-hydrogen) atoms. The Balaban J connectivity index is 1.69. The summed E-state index contributed by atoms with van der Waals surface area (Å²) >= 11 is 0. The van der Waals surface area contributed by atoms with Gasteiger partial charge in [-0.25, -0.2) is 0 Å². The highest BCUT2D eigenvalue weighted by Crippen LogP contribution is 2.40. The molecule has 2 aromatic rings. The van der Waals surface area contributed by atoms with Crippen LogP contribution in [-0.2, 0) is 21.4 Å². The minimum Gasteiger partial charge on any atom is -0.548 e. The van der Waals surface area contributed by atoms with E-state index >= 15 is 0 Å². The normalized spacial score (nSPS) is 22.6. The second-order valence-electron chi connectivity index (χ2n) is 8.85. The fourth-order valence-corrected chi connectivity index (χ4v) is 4.53. The molecule has 0 aliphatic carbocycles. The van der Waals surface area contributed by atoms with Gasteiger partial charge in [0.15, 0.2) is 0 Å². The number of nitrogens with one attached hydrogen (secondary N) is 1. The average Bonchev–Trinajstić information content (AvgIpc) is 2.75. The lowest BCUT2D eigenvalue weighted by Gasteiger charge is -2.45. The summed E-state index contributed by atoms with van der Waals surface area (Å²) in [5.41, 5.74) is 2.12. The standard InChI is InChI=1S/C25H32N2O4/c1-18-16-27(12-11-25(18,2)21-9-6-10-22(28)14-21)17-20(24(31)26-15-23(29)30)13-19-7-4-3-5-8-19/h3-10,14,18,20,28H,11-13,15-17H2,1-2H3,(H,26,31)(H,29,30)/p-1/t18-,20-,25+/m0/s1. The second-order valence-corrected chi connectivity index (χ2v) is 8.85. The molecule has 0 bridgehead atoms. The van der Waals surface area contributed by atoms with Crippen molar-refractivity contribution in [2.45, 2.75) is 32.1 Å². The number of carbonyl (C=O) groups excluding carboxylic acids is 2. The monoisotopic (exact) mass is 423 g/mol. The number of rotatable bonds is 8. The van der Waals surface area contributed by atoms with Gasteiger partial charge in [0.05, 0.1) is 18.4 Å². The van der Waals surface area contributed by atoms with Crippen LogP contribution >= 0.6 is 0 Å². The Kier molecular flexibility index (Phi) is 7.33. The number of piperidine rings is 1. The van der Waals surface area contributed by atoms with Crippen molar-refractivity contribution in [3.05, 3.63) is 65.7 Å². The van der Waals surface area contributed by atoms with Crippen molar-refractivity contribution in [1.29, 1.82) is 0 Å². The van der Waals surface area contributed by atoms with Crippen molar-refractivity contribution in [2.75, 3.05) is 26.2 Å². The van der Waals surface area contributed by atoms with Gasteiger partial charge in [-0.05, 0) is 54.0 Å². The van der Waals surface area contributed by atoms with Crippen LogP contribution in [0.15, 0.2) is 54.6 Å². The molecular weight excluding hydrogens is 392 g/mol. The summed E-state index contributed by atoms with van der Waals surface area (Å²) in [5, 5.41) is 23.2. The quantitative estimate of drug-likeness (QED) is 0.674. The molecule has 1 saturated heterocycles. The molecule has 0 unspecified atom stereocenters. The number of hydrogen-bond donors (Lipinski definition) is 2. The topological polar surface area (TPSA) is 92.7 Å². The molecule has 1 amide bonds. The van der Waals surface area contributed by atoms with Gasteiger partial charge in [0, 0.05) is 13.1 Å². The Morgan fingerprint density at radius 2 is 1.97 bits per heavy atom. The number of carbonyl (C=O) groups is 2. The van der Waals surface area contributed by atoms with Gasteiger partial charge in [0.1, 0.15) is 5.75 Å². The molecule has 2 N–H and O–H groups in total. The summed E-state index contributed by atoms with van der Waals surface area (Å²) in [5.74, 6) is -1.30. The van der Waals surface area contributed by atoms with Gasteiger partial charge in [0.25, 0.3) is 0 Å². The average molecular weight is 424 g/mol. The van der Waals surface area contributed by atoms with E-state index in [4.69, 9.17) is 0 Å². The van der Waals surface area contributed by atoms with E-state index in [2.05, 4.69) is 30.1 Å². The van der Waals surface area contributed by atoms with Crippen molar-refractivity contribution in [3.63, 3.8) is 0 Å². The third-order valence-corrected chi connectivity index (χ3v) is 6.65. The van der Waals surface area contributed by atoms with Gasteiger partial charge in [-0.1, -0.05) is 56.3 Å². The maximum absolute atomic E-state index is 12.7. The zero-order chi connectivity index (χ0) is 22.4. The Hall–Kier alpha value is -2.86. The maximum atomic E-state index is 12.7. The highest BCUT2D eigenvalue weighted by molar-refractivity contribution is 5.82. The number of carboxylic acid groups (broad SMARTS) is 1. The summed E-state index contributed by atoms with van der Waals surface area (Å²) in [6.45, 7) is 6.18. The van der Waals surface area contributed by atoms with E-state index < -0.39 is 12.5 Å². The molecule has 0 saturated carbocycles. The number of amides is 1. The van der Waals surface area contributed by atoms with E-state index in [1.807, 2.05) is 42.5 Å². The molecular formula is C25H31N2O4-.